The summed E-state index contributed by atoms with van der Waals surface area (Å²) in [5, 5.41) is 2.91. The van der Waals surface area contributed by atoms with Gasteiger partial charge in [-0.3, -0.25) is 14.5 Å². The van der Waals surface area contributed by atoms with Crippen LogP contribution >= 0.6 is 0 Å². The molecule has 1 aromatic carbocycles. The third-order valence-electron chi connectivity index (χ3n) is 5.26. The number of rotatable bonds is 3. The first-order valence-electron chi connectivity index (χ1n) is 8.76. The fourth-order valence-corrected chi connectivity index (χ4v) is 3.57. The molecular formula is C19H27N3O2. The van der Waals surface area contributed by atoms with Crippen LogP contribution < -0.4 is 5.32 Å². The normalized spacial score (nSPS) is 25.0. The van der Waals surface area contributed by atoms with Crippen LogP contribution in [0.25, 0.3) is 0 Å². The molecule has 2 aliphatic rings. The molecule has 130 valence electrons. The average molecular weight is 329 g/mol. The van der Waals surface area contributed by atoms with Crippen molar-refractivity contribution in [2.75, 3.05) is 19.6 Å². The predicted molar refractivity (Wildman–Crippen MR) is 93.5 cm³/mol. The van der Waals surface area contributed by atoms with Gasteiger partial charge in [-0.25, -0.2) is 0 Å². The van der Waals surface area contributed by atoms with Crippen LogP contribution in [0.5, 0.6) is 0 Å². The molecule has 2 fully saturated rings. The first kappa shape index (κ1) is 17.0. The molecule has 5 nitrogen and oxygen atoms in total. The molecule has 2 amide bonds. The zero-order chi connectivity index (χ0) is 17.4. The van der Waals surface area contributed by atoms with Gasteiger partial charge in [-0.1, -0.05) is 32.0 Å². The molecule has 2 aliphatic heterocycles. The summed E-state index contributed by atoms with van der Waals surface area (Å²) in [7, 11) is 0. The van der Waals surface area contributed by atoms with Gasteiger partial charge in [0.25, 0.3) is 0 Å². The molecule has 2 saturated heterocycles. The van der Waals surface area contributed by atoms with E-state index >= 15 is 0 Å². The van der Waals surface area contributed by atoms with Crippen molar-refractivity contribution >= 4 is 11.8 Å². The van der Waals surface area contributed by atoms with Crippen LogP contribution in [-0.4, -0.2) is 53.3 Å². The molecule has 0 aliphatic carbocycles. The Hall–Kier alpha value is -1.88. The van der Waals surface area contributed by atoms with Crippen LogP contribution in [0, 0.1) is 19.8 Å². The molecule has 0 spiro atoms. The molecule has 3 rings (SSSR count). The molecule has 0 saturated carbocycles. The summed E-state index contributed by atoms with van der Waals surface area (Å²) in [6, 6.07) is 5.77. The van der Waals surface area contributed by atoms with Crippen LogP contribution in [0.4, 0.5) is 0 Å². The van der Waals surface area contributed by atoms with Crippen molar-refractivity contribution in [3.05, 3.63) is 34.9 Å². The quantitative estimate of drug-likeness (QED) is 0.914. The Labute approximate surface area is 144 Å². The van der Waals surface area contributed by atoms with Gasteiger partial charge in [0.15, 0.2) is 0 Å². The summed E-state index contributed by atoms with van der Waals surface area (Å²) in [5.74, 6) is 0.175. The van der Waals surface area contributed by atoms with E-state index in [-0.39, 0.29) is 29.8 Å². The van der Waals surface area contributed by atoms with Crippen LogP contribution in [0.15, 0.2) is 18.2 Å². The fraction of sp³-hybridized carbons (Fsp3) is 0.579. The van der Waals surface area contributed by atoms with E-state index in [1.54, 1.807) is 4.90 Å². The smallest absolute Gasteiger partial charge is 0.246 e. The highest BCUT2D eigenvalue weighted by molar-refractivity contribution is 5.97. The van der Waals surface area contributed by atoms with Gasteiger partial charge in [0, 0.05) is 26.2 Å². The van der Waals surface area contributed by atoms with Gasteiger partial charge in [-0.2, -0.15) is 0 Å². The molecule has 2 heterocycles. The van der Waals surface area contributed by atoms with Crippen LogP contribution in [0.3, 0.4) is 0 Å². The van der Waals surface area contributed by atoms with Gasteiger partial charge in [0.1, 0.15) is 12.1 Å². The van der Waals surface area contributed by atoms with Gasteiger partial charge in [0.2, 0.25) is 11.8 Å². The average Bonchev–Trinajstić information content (AvgIpc) is 2.54. The first-order chi connectivity index (χ1) is 11.4. The lowest BCUT2D eigenvalue weighted by Gasteiger charge is -2.46. The maximum atomic E-state index is 12.6. The first-order valence-corrected chi connectivity index (χ1v) is 8.76. The molecule has 0 unspecified atom stereocenters. The van der Waals surface area contributed by atoms with E-state index in [9.17, 15) is 9.59 Å². The molecule has 0 bridgehead atoms. The maximum Gasteiger partial charge on any atom is 0.246 e. The van der Waals surface area contributed by atoms with E-state index in [0.717, 1.165) is 13.1 Å². The van der Waals surface area contributed by atoms with Crippen molar-refractivity contribution in [2.24, 2.45) is 5.92 Å². The molecule has 1 N–H and O–H groups in total. The summed E-state index contributed by atoms with van der Waals surface area (Å²) in [5.41, 5.74) is 3.84. The van der Waals surface area contributed by atoms with Gasteiger partial charge in [-0.05, 0) is 36.5 Å². The molecule has 24 heavy (non-hydrogen) atoms. The molecular weight excluding hydrogens is 302 g/mol. The number of carbonyl (C=O) groups excluding carboxylic acids is 2. The highest BCUT2D eigenvalue weighted by Gasteiger charge is 2.44. The largest absolute Gasteiger partial charge is 0.342 e. The SMILES string of the molecule is Cc1ccc(CN2CCN3C(=O)[C@@H](C(C)C)NC(=O)[C@H]3C2)cc1C. The molecule has 0 aromatic heterocycles. The topological polar surface area (TPSA) is 52.6 Å². The van der Waals surface area contributed by atoms with E-state index in [1.807, 2.05) is 13.8 Å². The summed E-state index contributed by atoms with van der Waals surface area (Å²) >= 11 is 0. The number of nitrogens with zero attached hydrogens (tertiary/aromatic N) is 2. The van der Waals surface area contributed by atoms with E-state index in [0.29, 0.717) is 13.1 Å². The lowest BCUT2D eigenvalue weighted by molar-refractivity contribution is -0.154. The molecule has 5 heteroatoms. The highest BCUT2D eigenvalue weighted by atomic mass is 16.2. The van der Waals surface area contributed by atoms with Crippen LogP contribution in [0.1, 0.15) is 30.5 Å². The molecule has 0 radical (unpaired) electrons. The standard InChI is InChI=1S/C19H27N3O2/c1-12(2)17-19(24)22-8-7-21(11-16(22)18(23)20-17)10-15-6-5-13(3)14(4)9-15/h5-6,9,12,16-17H,7-8,10-11H2,1-4H3,(H,20,23)/t16-,17-/m1/s1. The number of aryl methyl sites for hydroxylation is 2. The van der Waals surface area contributed by atoms with E-state index in [1.165, 1.54) is 16.7 Å². The van der Waals surface area contributed by atoms with E-state index < -0.39 is 0 Å². The Bertz CT molecular complexity index is 656. The zero-order valence-electron chi connectivity index (χ0n) is 15.0. The minimum absolute atomic E-state index is 0.0157. The second-order valence-corrected chi connectivity index (χ2v) is 7.43. The molecule has 2 atom stereocenters. The summed E-state index contributed by atoms with van der Waals surface area (Å²) in [6.07, 6.45) is 0. The van der Waals surface area contributed by atoms with E-state index in [4.69, 9.17) is 0 Å². The van der Waals surface area contributed by atoms with Crippen molar-refractivity contribution in [1.82, 2.24) is 15.1 Å². The Morgan fingerprint density at radius 2 is 1.92 bits per heavy atom. The fourth-order valence-electron chi connectivity index (χ4n) is 3.57. The lowest BCUT2D eigenvalue weighted by atomic mass is 9.96. The van der Waals surface area contributed by atoms with Crippen molar-refractivity contribution in [1.29, 1.82) is 0 Å². The number of hydrogen-bond acceptors (Lipinski definition) is 3. The summed E-state index contributed by atoms with van der Waals surface area (Å²) in [4.78, 5) is 29.1. The number of amides is 2. The lowest BCUT2D eigenvalue weighted by Crippen LogP contribution is -2.70. The van der Waals surface area contributed by atoms with Crippen molar-refractivity contribution in [2.45, 2.75) is 46.3 Å². The number of piperazine rings is 2. The van der Waals surface area contributed by atoms with Crippen molar-refractivity contribution in [3.8, 4) is 0 Å². The Kier molecular flexibility index (Phi) is 4.63. The number of nitrogens with one attached hydrogen (secondary N) is 1. The van der Waals surface area contributed by atoms with Gasteiger partial charge in [0.05, 0.1) is 0 Å². The minimum Gasteiger partial charge on any atom is -0.342 e. The van der Waals surface area contributed by atoms with Crippen LogP contribution in [0.2, 0.25) is 0 Å². The maximum absolute atomic E-state index is 12.6. The van der Waals surface area contributed by atoms with Gasteiger partial charge >= 0.3 is 0 Å². The number of carbonyl (C=O) groups is 2. The number of benzene rings is 1. The predicted octanol–water partition coefficient (Wildman–Crippen LogP) is 1.47. The molecule has 1 aromatic rings. The number of fused-ring (bicyclic) bond motifs is 1. The van der Waals surface area contributed by atoms with Crippen molar-refractivity contribution < 1.29 is 9.59 Å². The Morgan fingerprint density at radius 3 is 2.58 bits per heavy atom. The summed E-state index contributed by atoms with van der Waals surface area (Å²) in [6.45, 7) is 11.0. The highest BCUT2D eigenvalue weighted by Crippen LogP contribution is 2.21. The van der Waals surface area contributed by atoms with Gasteiger partial charge in [-0.15, -0.1) is 0 Å². The monoisotopic (exact) mass is 329 g/mol. The van der Waals surface area contributed by atoms with E-state index in [2.05, 4.69) is 42.3 Å². The van der Waals surface area contributed by atoms with Crippen molar-refractivity contribution in [3.63, 3.8) is 0 Å². The zero-order valence-corrected chi connectivity index (χ0v) is 15.0. The number of hydrogen-bond donors (Lipinski definition) is 1. The second kappa shape index (κ2) is 6.55. The van der Waals surface area contributed by atoms with Crippen LogP contribution in [-0.2, 0) is 16.1 Å². The summed E-state index contributed by atoms with van der Waals surface area (Å²) < 4.78 is 0. The third-order valence-corrected chi connectivity index (χ3v) is 5.26. The minimum atomic E-state index is -0.375. The second-order valence-electron chi connectivity index (χ2n) is 7.43. The third kappa shape index (κ3) is 3.18. The Balaban J connectivity index is 1.69. The van der Waals surface area contributed by atoms with Gasteiger partial charge < -0.3 is 10.2 Å². The Morgan fingerprint density at radius 1 is 1.17 bits per heavy atom.